The zero-order valence-corrected chi connectivity index (χ0v) is 14.4. The van der Waals surface area contributed by atoms with Crippen molar-refractivity contribution in [3.63, 3.8) is 0 Å². The van der Waals surface area contributed by atoms with Crippen molar-refractivity contribution in [1.29, 1.82) is 0 Å². The molecular weight excluding hydrogens is 316 g/mol. The van der Waals surface area contributed by atoms with Gasteiger partial charge in [0.1, 0.15) is 0 Å². The molecule has 5 nitrogen and oxygen atoms in total. The maximum absolute atomic E-state index is 12.2. The van der Waals surface area contributed by atoms with Crippen molar-refractivity contribution < 1.29 is 4.79 Å². The topological polar surface area (TPSA) is 48.5 Å². The van der Waals surface area contributed by atoms with Crippen LogP contribution in [0.2, 0.25) is 0 Å². The minimum Gasteiger partial charge on any atom is -0.304 e. The first kappa shape index (κ1) is 15.6. The summed E-state index contributed by atoms with van der Waals surface area (Å²) in [4.78, 5) is 22.3. The predicted molar refractivity (Wildman–Crippen MR) is 92.6 cm³/mol. The molecule has 2 aromatic rings. The van der Waals surface area contributed by atoms with Gasteiger partial charge < -0.3 is 10.2 Å². The first-order valence-electron chi connectivity index (χ1n) is 7.33. The standard InChI is InChI=1S/C15H20N4OS2/c1-11-8-18(2)5-6-19(11)9-14(20)17-15-16-12(10-22-15)13-4-3-7-21-13/h3-4,7,10-11H,5-6,8-9H2,1-2H3,(H,16,17,20)/t11-/m0/s1. The first-order chi connectivity index (χ1) is 10.6. The van der Waals surface area contributed by atoms with Gasteiger partial charge in [-0.05, 0) is 25.4 Å². The van der Waals surface area contributed by atoms with Crippen LogP contribution in [0, 0.1) is 0 Å². The molecule has 1 N–H and O–H groups in total. The van der Waals surface area contributed by atoms with Crippen LogP contribution in [0.25, 0.3) is 10.6 Å². The molecule has 0 unspecified atom stereocenters. The van der Waals surface area contributed by atoms with Gasteiger partial charge in [0.05, 0.1) is 17.1 Å². The number of anilines is 1. The normalized spacial score (nSPS) is 20.2. The molecule has 118 valence electrons. The molecule has 1 aliphatic rings. The number of nitrogens with zero attached hydrogens (tertiary/aromatic N) is 3. The number of carbonyl (C=O) groups excluding carboxylic acids is 1. The van der Waals surface area contributed by atoms with Crippen molar-refractivity contribution in [1.82, 2.24) is 14.8 Å². The average molecular weight is 336 g/mol. The van der Waals surface area contributed by atoms with Crippen LogP contribution in [-0.4, -0.2) is 60.0 Å². The fraction of sp³-hybridized carbons (Fsp3) is 0.467. The molecule has 0 bridgehead atoms. The molecular formula is C15H20N4OS2. The fourth-order valence-electron chi connectivity index (χ4n) is 2.62. The molecule has 0 spiro atoms. The molecule has 1 fully saturated rings. The third-order valence-electron chi connectivity index (χ3n) is 3.84. The van der Waals surface area contributed by atoms with Gasteiger partial charge in [-0.25, -0.2) is 4.98 Å². The summed E-state index contributed by atoms with van der Waals surface area (Å²) in [5.41, 5.74) is 0.934. The lowest BCUT2D eigenvalue weighted by molar-refractivity contribution is -0.118. The van der Waals surface area contributed by atoms with E-state index in [2.05, 4.69) is 34.1 Å². The van der Waals surface area contributed by atoms with Crippen LogP contribution in [0.15, 0.2) is 22.9 Å². The monoisotopic (exact) mass is 336 g/mol. The van der Waals surface area contributed by atoms with Gasteiger partial charge in [-0.3, -0.25) is 9.69 Å². The van der Waals surface area contributed by atoms with E-state index in [0.717, 1.165) is 30.2 Å². The second kappa shape index (κ2) is 6.87. The van der Waals surface area contributed by atoms with Crippen LogP contribution in [0.3, 0.4) is 0 Å². The van der Waals surface area contributed by atoms with E-state index < -0.39 is 0 Å². The lowest BCUT2D eigenvalue weighted by atomic mass is 10.2. The summed E-state index contributed by atoms with van der Waals surface area (Å²) < 4.78 is 0. The molecule has 0 saturated carbocycles. The third-order valence-corrected chi connectivity index (χ3v) is 5.49. The Bertz CT molecular complexity index is 625. The Balaban J connectivity index is 1.56. The molecule has 0 aromatic carbocycles. The molecule has 1 saturated heterocycles. The van der Waals surface area contributed by atoms with Gasteiger partial charge in [-0.1, -0.05) is 6.07 Å². The Labute approximate surface area is 138 Å². The van der Waals surface area contributed by atoms with Gasteiger partial charge in [0.15, 0.2) is 5.13 Å². The van der Waals surface area contributed by atoms with Gasteiger partial charge in [-0.2, -0.15) is 0 Å². The molecule has 3 heterocycles. The summed E-state index contributed by atoms with van der Waals surface area (Å²) in [5, 5.41) is 7.61. The maximum atomic E-state index is 12.2. The molecule has 7 heteroatoms. The lowest BCUT2D eigenvalue weighted by Gasteiger charge is -2.37. The molecule has 0 radical (unpaired) electrons. The summed E-state index contributed by atoms with van der Waals surface area (Å²) in [6, 6.07) is 4.45. The number of rotatable bonds is 4. The zero-order valence-electron chi connectivity index (χ0n) is 12.8. The number of aromatic nitrogens is 1. The summed E-state index contributed by atoms with van der Waals surface area (Å²) in [6.45, 7) is 5.55. The van der Waals surface area contributed by atoms with E-state index in [4.69, 9.17) is 0 Å². The molecule has 1 atom stereocenters. The van der Waals surface area contributed by atoms with Gasteiger partial charge in [0.2, 0.25) is 5.91 Å². The van der Waals surface area contributed by atoms with Crippen LogP contribution in [0.5, 0.6) is 0 Å². The third kappa shape index (κ3) is 3.73. The quantitative estimate of drug-likeness (QED) is 0.932. The summed E-state index contributed by atoms with van der Waals surface area (Å²) in [6.07, 6.45) is 0. The fourth-order valence-corrected chi connectivity index (χ4v) is 4.11. The minimum atomic E-state index is 0.0171. The number of piperazine rings is 1. The van der Waals surface area contributed by atoms with Crippen molar-refractivity contribution in [2.24, 2.45) is 0 Å². The number of carbonyl (C=O) groups is 1. The Morgan fingerprint density at radius 3 is 3.05 bits per heavy atom. The Morgan fingerprint density at radius 1 is 1.45 bits per heavy atom. The van der Waals surface area contributed by atoms with Crippen LogP contribution in [0.4, 0.5) is 5.13 Å². The van der Waals surface area contributed by atoms with Crippen molar-refractivity contribution >= 4 is 33.7 Å². The van der Waals surface area contributed by atoms with Gasteiger partial charge in [0, 0.05) is 31.1 Å². The van der Waals surface area contributed by atoms with Crippen LogP contribution >= 0.6 is 22.7 Å². The molecule has 0 aliphatic carbocycles. The number of thiazole rings is 1. The summed E-state index contributed by atoms with van der Waals surface area (Å²) >= 11 is 3.13. The molecule has 1 aliphatic heterocycles. The number of thiophene rings is 1. The molecule has 1 amide bonds. The second-order valence-corrected chi connectivity index (χ2v) is 7.45. The Kier molecular flexibility index (Phi) is 4.87. The van der Waals surface area contributed by atoms with E-state index in [-0.39, 0.29) is 5.91 Å². The van der Waals surface area contributed by atoms with Crippen molar-refractivity contribution in [3.8, 4) is 10.6 Å². The van der Waals surface area contributed by atoms with Crippen LogP contribution in [0.1, 0.15) is 6.92 Å². The smallest absolute Gasteiger partial charge is 0.240 e. The lowest BCUT2D eigenvalue weighted by Crippen LogP contribution is -2.52. The molecule has 3 rings (SSSR count). The molecule has 2 aromatic heterocycles. The highest BCUT2D eigenvalue weighted by atomic mass is 32.1. The number of amides is 1. The minimum absolute atomic E-state index is 0.0171. The summed E-state index contributed by atoms with van der Waals surface area (Å²) in [7, 11) is 2.12. The highest BCUT2D eigenvalue weighted by molar-refractivity contribution is 7.16. The van der Waals surface area contributed by atoms with Crippen LogP contribution in [-0.2, 0) is 4.79 Å². The van der Waals surface area contributed by atoms with Gasteiger partial charge >= 0.3 is 0 Å². The van der Waals surface area contributed by atoms with E-state index in [1.54, 1.807) is 11.3 Å². The van der Waals surface area contributed by atoms with E-state index in [9.17, 15) is 4.79 Å². The van der Waals surface area contributed by atoms with Crippen molar-refractivity contribution in [2.45, 2.75) is 13.0 Å². The van der Waals surface area contributed by atoms with Gasteiger partial charge in [-0.15, -0.1) is 22.7 Å². The summed E-state index contributed by atoms with van der Waals surface area (Å²) in [5.74, 6) is 0.0171. The number of hydrogen-bond donors (Lipinski definition) is 1. The van der Waals surface area contributed by atoms with E-state index in [0.29, 0.717) is 17.7 Å². The Morgan fingerprint density at radius 2 is 2.32 bits per heavy atom. The average Bonchev–Trinajstić information content (AvgIpc) is 3.12. The predicted octanol–water partition coefficient (Wildman–Crippen LogP) is 2.45. The van der Waals surface area contributed by atoms with Gasteiger partial charge in [0.25, 0.3) is 0 Å². The Hall–Kier alpha value is -1.28. The first-order valence-corrected chi connectivity index (χ1v) is 9.09. The zero-order chi connectivity index (χ0) is 15.5. The van der Waals surface area contributed by atoms with E-state index >= 15 is 0 Å². The molecule has 22 heavy (non-hydrogen) atoms. The highest BCUT2D eigenvalue weighted by Crippen LogP contribution is 2.28. The van der Waals surface area contributed by atoms with E-state index in [1.807, 2.05) is 22.9 Å². The van der Waals surface area contributed by atoms with E-state index in [1.165, 1.54) is 11.3 Å². The van der Waals surface area contributed by atoms with Crippen LogP contribution < -0.4 is 5.32 Å². The highest BCUT2D eigenvalue weighted by Gasteiger charge is 2.23. The number of likely N-dealkylation sites (N-methyl/N-ethyl adjacent to an activating group) is 1. The number of nitrogens with one attached hydrogen (secondary N) is 1. The van der Waals surface area contributed by atoms with Crippen molar-refractivity contribution in [3.05, 3.63) is 22.9 Å². The maximum Gasteiger partial charge on any atom is 0.240 e. The van der Waals surface area contributed by atoms with Crippen molar-refractivity contribution in [2.75, 3.05) is 38.5 Å². The second-order valence-electron chi connectivity index (χ2n) is 5.65. The number of hydrogen-bond acceptors (Lipinski definition) is 6. The SMILES string of the molecule is C[C@H]1CN(C)CCN1CC(=O)Nc1nc(-c2cccs2)cs1. The largest absolute Gasteiger partial charge is 0.304 e.